The van der Waals surface area contributed by atoms with Crippen molar-refractivity contribution in [2.24, 2.45) is 11.5 Å². The van der Waals surface area contributed by atoms with Gasteiger partial charge in [0.25, 0.3) is 0 Å². The van der Waals surface area contributed by atoms with Crippen molar-refractivity contribution in [3.63, 3.8) is 0 Å². The number of nitrogens with two attached hydrogens (primary N) is 2. The van der Waals surface area contributed by atoms with E-state index in [-0.39, 0.29) is 17.9 Å². The lowest BCUT2D eigenvalue weighted by molar-refractivity contribution is -0.130. The molecule has 0 spiro atoms. The van der Waals surface area contributed by atoms with E-state index < -0.39 is 29.8 Å². The average molecular weight is 382 g/mol. The molecule has 0 heterocycles. The first-order chi connectivity index (χ1) is 12.4. The molecule has 2 atom stereocenters. The number of benzene rings is 1. The predicted molar refractivity (Wildman–Crippen MR) is 102 cm³/mol. The number of carbonyl (C=O) groups excluding carboxylic acids is 3. The van der Waals surface area contributed by atoms with Crippen molar-refractivity contribution in [1.82, 2.24) is 10.6 Å². The van der Waals surface area contributed by atoms with E-state index in [1.54, 1.807) is 12.1 Å². The van der Waals surface area contributed by atoms with Gasteiger partial charge in [-0.15, -0.1) is 0 Å². The number of rotatable bonds is 11. The molecule has 7 N–H and O–H groups in total. The number of phenols is 1. The Hall–Kier alpha value is -2.26. The fraction of sp³-hybridized carbons (Fsp3) is 0.471. The number of unbranched alkanes of at least 4 members (excludes halogenated alkanes) is 1. The zero-order chi connectivity index (χ0) is 19.5. The van der Waals surface area contributed by atoms with Crippen molar-refractivity contribution >= 4 is 30.4 Å². The van der Waals surface area contributed by atoms with E-state index in [0.717, 1.165) is 5.56 Å². The van der Waals surface area contributed by atoms with Crippen LogP contribution in [0, 0.1) is 0 Å². The molecule has 0 radical (unpaired) electrons. The van der Waals surface area contributed by atoms with Gasteiger partial charge in [-0.05, 0) is 43.5 Å². The lowest BCUT2D eigenvalue weighted by Gasteiger charge is -2.22. The molecule has 1 aromatic rings. The van der Waals surface area contributed by atoms with Crippen molar-refractivity contribution in [2.75, 3.05) is 12.3 Å². The third-order valence-corrected chi connectivity index (χ3v) is 4.07. The molecule has 1 aromatic carbocycles. The molecular formula is C17H26N4O4S. The molecule has 0 aliphatic heterocycles. The minimum Gasteiger partial charge on any atom is -0.508 e. The standard InChI is InChI=1S/C17H26N4O4S/c18-8-2-1-3-13(16(19)24)21-17(25)14(20-15(23)10-26)9-11-4-6-12(22)7-5-11/h4-7,13-14,22,26H,1-3,8-10,18H2,(H2,19,24)(H,20,23)(H,21,25)/t13-,14-/m0/s1. The van der Waals surface area contributed by atoms with Gasteiger partial charge in [-0.3, -0.25) is 14.4 Å². The van der Waals surface area contributed by atoms with Gasteiger partial charge in [0, 0.05) is 6.42 Å². The molecule has 144 valence electrons. The predicted octanol–water partition coefficient (Wildman–Crippen LogP) is -0.552. The van der Waals surface area contributed by atoms with Crippen LogP contribution in [0.4, 0.5) is 0 Å². The highest BCUT2D eigenvalue weighted by Crippen LogP contribution is 2.12. The molecule has 26 heavy (non-hydrogen) atoms. The van der Waals surface area contributed by atoms with Crippen molar-refractivity contribution < 1.29 is 19.5 Å². The van der Waals surface area contributed by atoms with Gasteiger partial charge in [0.15, 0.2) is 0 Å². The summed E-state index contributed by atoms with van der Waals surface area (Å²) in [6.45, 7) is 0.487. The van der Waals surface area contributed by atoms with E-state index in [1.165, 1.54) is 12.1 Å². The highest BCUT2D eigenvalue weighted by Gasteiger charge is 2.25. The monoisotopic (exact) mass is 382 g/mol. The van der Waals surface area contributed by atoms with Crippen molar-refractivity contribution in [1.29, 1.82) is 0 Å². The first-order valence-corrected chi connectivity index (χ1v) is 8.98. The Morgan fingerprint density at radius 1 is 1.08 bits per heavy atom. The summed E-state index contributed by atoms with van der Waals surface area (Å²) < 4.78 is 0. The first-order valence-electron chi connectivity index (χ1n) is 8.35. The van der Waals surface area contributed by atoms with Gasteiger partial charge in [-0.1, -0.05) is 12.1 Å². The van der Waals surface area contributed by atoms with Crippen LogP contribution in [0.1, 0.15) is 24.8 Å². The molecule has 0 aromatic heterocycles. The van der Waals surface area contributed by atoms with Crippen LogP contribution in [-0.2, 0) is 20.8 Å². The van der Waals surface area contributed by atoms with Crippen LogP contribution in [0.15, 0.2) is 24.3 Å². The Morgan fingerprint density at radius 3 is 2.27 bits per heavy atom. The van der Waals surface area contributed by atoms with Crippen LogP contribution in [0.3, 0.4) is 0 Å². The van der Waals surface area contributed by atoms with Crippen LogP contribution in [0.25, 0.3) is 0 Å². The number of thiol groups is 1. The number of nitrogens with one attached hydrogen (secondary N) is 2. The van der Waals surface area contributed by atoms with Crippen molar-refractivity contribution in [3.8, 4) is 5.75 Å². The van der Waals surface area contributed by atoms with Gasteiger partial charge >= 0.3 is 0 Å². The summed E-state index contributed by atoms with van der Waals surface area (Å²) in [6, 6.07) is 4.55. The zero-order valence-electron chi connectivity index (χ0n) is 14.5. The van der Waals surface area contributed by atoms with Gasteiger partial charge < -0.3 is 27.2 Å². The van der Waals surface area contributed by atoms with Gasteiger partial charge in [0.1, 0.15) is 17.8 Å². The molecular weight excluding hydrogens is 356 g/mol. The molecule has 0 bridgehead atoms. The van der Waals surface area contributed by atoms with Crippen molar-refractivity contribution in [3.05, 3.63) is 29.8 Å². The second-order valence-electron chi connectivity index (χ2n) is 5.90. The molecule has 8 nitrogen and oxygen atoms in total. The summed E-state index contributed by atoms with van der Waals surface area (Å²) in [6.07, 6.45) is 1.94. The second-order valence-corrected chi connectivity index (χ2v) is 6.21. The quantitative estimate of drug-likeness (QED) is 0.224. The average Bonchev–Trinajstić information content (AvgIpc) is 2.61. The van der Waals surface area contributed by atoms with E-state index in [2.05, 4.69) is 23.3 Å². The number of carbonyl (C=O) groups is 3. The van der Waals surface area contributed by atoms with E-state index in [4.69, 9.17) is 11.5 Å². The largest absolute Gasteiger partial charge is 0.508 e. The molecule has 0 fully saturated rings. The Balaban J connectivity index is 2.82. The van der Waals surface area contributed by atoms with E-state index >= 15 is 0 Å². The van der Waals surface area contributed by atoms with Gasteiger partial charge in [-0.2, -0.15) is 12.6 Å². The SMILES string of the molecule is NCCCC[C@H](NC(=O)[C@H](Cc1ccc(O)cc1)NC(=O)CS)C(N)=O. The topological polar surface area (TPSA) is 148 Å². The number of phenolic OH excluding ortho intramolecular Hbond substituents is 1. The maximum absolute atomic E-state index is 12.6. The third kappa shape index (κ3) is 7.75. The zero-order valence-corrected chi connectivity index (χ0v) is 15.4. The van der Waals surface area contributed by atoms with Crippen LogP contribution >= 0.6 is 12.6 Å². The number of primary amides is 1. The van der Waals surface area contributed by atoms with E-state index in [9.17, 15) is 19.5 Å². The molecule has 0 saturated carbocycles. The molecule has 0 unspecified atom stereocenters. The lowest BCUT2D eigenvalue weighted by atomic mass is 10.0. The molecule has 0 saturated heterocycles. The van der Waals surface area contributed by atoms with Crippen molar-refractivity contribution in [2.45, 2.75) is 37.8 Å². The smallest absolute Gasteiger partial charge is 0.243 e. The highest BCUT2D eigenvalue weighted by atomic mass is 32.1. The highest BCUT2D eigenvalue weighted by molar-refractivity contribution is 7.81. The Bertz CT molecular complexity index is 609. The normalized spacial score (nSPS) is 12.8. The molecule has 1 rings (SSSR count). The van der Waals surface area contributed by atoms with Crippen LogP contribution in [0.5, 0.6) is 5.75 Å². The molecule has 9 heteroatoms. The summed E-state index contributed by atoms with van der Waals surface area (Å²) in [5.74, 6) is -1.53. The summed E-state index contributed by atoms with van der Waals surface area (Å²) in [4.78, 5) is 35.8. The maximum atomic E-state index is 12.6. The molecule has 0 aliphatic rings. The fourth-order valence-corrected chi connectivity index (χ4v) is 2.46. The van der Waals surface area contributed by atoms with Gasteiger partial charge in [0.05, 0.1) is 5.75 Å². The van der Waals surface area contributed by atoms with Crippen LogP contribution in [0.2, 0.25) is 0 Å². The Morgan fingerprint density at radius 2 is 1.73 bits per heavy atom. The van der Waals surface area contributed by atoms with Gasteiger partial charge in [-0.25, -0.2) is 0 Å². The summed E-state index contributed by atoms with van der Waals surface area (Å²) in [5.41, 5.74) is 11.5. The first kappa shape index (κ1) is 21.8. The van der Waals surface area contributed by atoms with Crippen LogP contribution in [-0.4, -0.2) is 47.2 Å². The third-order valence-electron chi connectivity index (χ3n) is 3.78. The number of hydrogen-bond donors (Lipinski definition) is 6. The molecule has 3 amide bonds. The van der Waals surface area contributed by atoms with Crippen LogP contribution < -0.4 is 22.1 Å². The number of amides is 3. The Kier molecular flexibility index (Phi) is 9.53. The summed E-state index contributed by atoms with van der Waals surface area (Å²) >= 11 is 3.89. The second kappa shape index (κ2) is 11.4. The minimum atomic E-state index is -0.893. The number of aromatic hydroxyl groups is 1. The lowest BCUT2D eigenvalue weighted by Crippen LogP contribution is -2.53. The molecule has 0 aliphatic carbocycles. The minimum absolute atomic E-state index is 0.0743. The summed E-state index contributed by atoms with van der Waals surface area (Å²) in [7, 11) is 0. The van der Waals surface area contributed by atoms with Gasteiger partial charge in [0.2, 0.25) is 17.7 Å². The summed E-state index contributed by atoms with van der Waals surface area (Å²) in [5, 5.41) is 14.5. The Labute approximate surface area is 158 Å². The number of hydrogen-bond acceptors (Lipinski definition) is 6. The fourth-order valence-electron chi connectivity index (χ4n) is 2.37. The van der Waals surface area contributed by atoms with E-state index in [1.807, 2.05) is 0 Å². The van der Waals surface area contributed by atoms with E-state index in [0.29, 0.717) is 25.8 Å². The maximum Gasteiger partial charge on any atom is 0.243 e.